The van der Waals surface area contributed by atoms with Crippen molar-refractivity contribution in [1.82, 2.24) is 0 Å². The Morgan fingerprint density at radius 1 is 1.00 bits per heavy atom. The van der Waals surface area contributed by atoms with Crippen molar-refractivity contribution < 1.29 is 19.8 Å². The zero-order valence-corrected chi connectivity index (χ0v) is 20.2. The first-order valence-electron chi connectivity index (χ1n) is 11.7. The van der Waals surface area contributed by atoms with Gasteiger partial charge < -0.3 is 15.9 Å². The SMILES string of the molecule is CCCCCCCCCCC/C=C\[C@H](C(=O)[C@H](N)C(C)(C)S)[C@H](O)CCCC(=O)O. The van der Waals surface area contributed by atoms with Crippen LogP contribution in [0.2, 0.25) is 0 Å². The van der Waals surface area contributed by atoms with Gasteiger partial charge in [0, 0.05) is 11.2 Å². The molecule has 5 nitrogen and oxygen atoms in total. The van der Waals surface area contributed by atoms with Gasteiger partial charge in [0.25, 0.3) is 0 Å². The highest BCUT2D eigenvalue weighted by Crippen LogP contribution is 2.23. The maximum atomic E-state index is 12.8. The normalized spacial score (nSPS) is 15.3. The number of aliphatic carboxylic acids is 1. The monoisotopic (exact) mass is 443 g/mol. The number of aliphatic hydroxyl groups excluding tert-OH is 1. The fourth-order valence-electron chi connectivity index (χ4n) is 3.43. The Balaban J connectivity index is 4.51. The van der Waals surface area contributed by atoms with E-state index in [9.17, 15) is 14.7 Å². The van der Waals surface area contributed by atoms with Crippen molar-refractivity contribution in [2.75, 3.05) is 0 Å². The Morgan fingerprint density at radius 2 is 1.53 bits per heavy atom. The first kappa shape index (κ1) is 29.1. The molecule has 0 radical (unpaired) electrons. The molecule has 0 aromatic heterocycles. The molecule has 0 aromatic rings. The first-order chi connectivity index (χ1) is 14.1. The molecule has 0 aliphatic heterocycles. The molecule has 0 bridgehead atoms. The molecule has 0 spiro atoms. The predicted molar refractivity (Wildman–Crippen MR) is 128 cm³/mol. The number of thiol groups is 1. The fourth-order valence-corrected chi connectivity index (χ4v) is 3.55. The topological polar surface area (TPSA) is 101 Å². The summed E-state index contributed by atoms with van der Waals surface area (Å²) in [5.41, 5.74) is 6.07. The van der Waals surface area contributed by atoms with Gasteiger partial charge in [-0.3, -0.25) is 9.59 Å². The molecule has 0 amide bonds. The number of Topliss-reactive ketones (excluding diaryl/α,β-unsaturated/α-hetero) is 1. The van der Waals surface area contributed by atoms with E-state index in [0.717, 1.165) is 12.8 Å². The zero-order valence-electron chi connectivity index (χ0n) is 19.3. The van der Waals surface area contributed by atoms with Crippen molar-refractivity contribution >= 4 is 24.4 Å². The lowest BCUT2D eigenvalue weighted by molar-refractivity contribution is -0.137. The van der Waals surface area contributed by atoms with Crippen molar-refractivity contribution in [3.05, 3.63) is 12.2 Å². The third kappa shape index (κ3) is 14.2. The summed E-state index contributed by atoms with van der Waals surface area (Å²) in [6, 6.07) is -0.808. The highest BCUT2D eigenvalue weighted by molar-refractivity contribution is 7.81. The molecular weight excluding hydrogens is 398 g/mol. The number of hydrogen-bond donors (Lipinski definition) is 4. The highest BCUT2D eigenvalue weighted by Gasteiger charge is 2.35. The van der Waals surface area contributed by atoms with E-state index in [4.69, 9.17) is 10.8 Å². The van der Waals surface area contributed by atoms with E-state index < -0.39 is 28.8 Å². The van der Waals surface area contributed by atoms with Gasteiger partial charge in [0.15, 0.2) is 5.78 Å². The summed E-state index contributed by atoms with van der Waals surface area (Å²) in [6.45, 7) is 5.78. The molecule has 3 atom stereocenters. The first-order valence-corrected chi connectivity index (χ1v) is 12.1. The Hall–Kier alpha value is -0.850. The van der Waals surface area contributed by atoms with Crippen LogP contribution in [0.25, 0.3) is 0 Å². The van der Waals surface area contributed by atoms with Crippen LogP contribution in [0, 0.1) is 5.92 Å². The Morgan fingerprint density at radius 3 is 2.03 bits per heavy atom. The number of carbonyl (C=O) groups is 2. The number of carbonyl (C=O) groups excluding carboxylic acids is 1. The van der Waals surface area contributed by atoms with Crippen molar-refractivity contribution in [2.24, 2.45) is 11.7 Å². The standard InChI is InChI=1S/C24H45NO4S/c1-4-5-6-7-8-9-10-11-12-13-14-16-19(20(26)17-15-18-21(27)28)22(29)23(25)24(2,3)30/h14,16,19-20,23,26,30H,4-13,15,17-18,25H2,1-3H3,(H,27,28)/b16-14-/t19-,20+,23-/m0/s1. The molecule has 0 aromatic carbocycles. The summed E-state index contributed by atoms with van der Waals surface area (Å²) in [5.74, 6) is -1.88. The van der Waals surface area contributed by atoms with Gasteiger partial charge in [0.05, 0.1) is 18.1 Å². The minimum absolute atomic E-state index is 0.0236. The van der Waals surface area contributed by atoms with Gasteiger partial charge in [0.2, 0.25) is 0 Å². The summed E-state index contributed by atoms with van der Waals surface area (Å²) < 4.78 is -0.693. The van der Waals surface area contributed by atoms with Crippen molar-refractivity contribution in [2.45, 2.75) is 121 Å². The molecule has 0 saturated carbocycles. The number of rotatable bonds is 19. The number of carboxylic acids is 1. The van der Waals surface area contributed by atoms with E-state index in [1.54, 1.807) is 19.9 Å². The number of allylic oxidation sites excluding steroid dienone is 1. The largest absolute Gasteiger partial charge is 0.481 e. The van der Waals surface area contributed by atoms with E-state index in [0.29, 0.717) is 6.42 Å². The molecule has 0 aliphatic carbocycles. The van der Waals surface area contributed by atoms with Gasteiger partial charge in [-0.1, -0.05) is 70.4 Å². The third-order valence-electron chi connectivity index (χ3n) is 5.52. The number of hydrogen-bond acceptors (Lipinski definition) is 5. The Bertz CT molecular complexity index is 502. The van der Waals surface area contributed by atoms with Crippen LogP contribution in [-0.4, -0.2) is 38.9 Å². The van der Waals surface area contributed by atoms with Crippen LogP contribution in [0.15, 0.2) is 12.2 Å². The number of unbranched alkanes of at least 4 members (excludes halogenated alkanes) is 9. The molecule has 0 rings (SSSR count). The van der Waals surface area contributed by atoms with Crippen molar-refractivity contribution in [3.8, 4) is 0 Å². The van der Waals surface area contributed by atoms with Crippen molar-refractivity contribution in [1.29, 1.82) is 0 Å². The van der Waals surface area contributed by atoms with Crippen molar-refractivity contribution in [3.63, 3.8) is 0 Å². The van der Waals surface area contributed by atoms with Crippen LogP contribution in [0.1, 0.15) is 104 Å². The number of nitrogens with two attached hydrogens (primary N) is 1. The molecule has 0 fully saturated rings. The van der Waals surface area contributed by atoms with Crippen LogP contribution in [-0.2, 0) is 9.59 Å². The summed E-state index contributed by atoms with van der Waals surface area (Å²) >= 11 is 4.40. The number of ketones is 1. The number of aliphatic hydroxyl groups is 1. The van der Waals surface area contributed by atoms with Gasteiger partial charge in [-0.25, -0.2) is 0 Å². The van der Waals surface area contributed by atoms with E-state index in [-0.39, 0.29) is 18.6 Å². The van der Waals surface area contributed by atoms with Crippen LogP contribution >= 0.6 is 12.6 Å². The minimum atomic E-state index is -0.932. The van der Waals surface area contributed by atoms with Gasteiger partial charge in [-0.2, -0.15) is 12.6 Å². The lowest BCUT2D eigenvalue weighted by atomic mass is 9.85. The van der Waals surface area contributed by atoms with E-state index in [1.165, 1.54) is 51.4 Å². The van der Waals surface area contributed by atoms with E-state index in [2.05, 4.69) is 19.6 Å². The van der Waals surface area contributed by atoms with Gasteiger partial charge >= 0.3 is 5.97 Å². The minimum Gasteiger partial charge on any atom is -0.481 e. The van der Waals surface area contributed by atoms with Crippen LogP contribution in [0.4, 0.5) is 0 Å². The Labute approximate surface area is 189 Å². The molecule has 0 heterocycles. The summed E-state index contributed by atoms with van der Waals surface area (Å²) in [4.78, 5) is 23.6. The zero-order chi connectivity index (χ0) is 23.0. The molecule has 30 heavy (non-hydrogen) atoms. The Kier molecular flexibility index (Phi) is 16.3. The van der Waals surface area contributed by atoms with Gasteiger partial charge in [-0.05, 0) is 39.5 Å². The lowest BCUT2D eigenvalue weighted by Crippen LogP contribution is -2.49. The number of carboxylic acid groups (broad SMARTS) is 1. The molecule has 176 valence electrons. The predicted octanol–water partition coefficient (Wildman–Crippen LogP) is 5.30. The highest BCUT2D eigenvalue weighted by atomic mass is 32.1. The summed E-state index contributed by atoms with van der Waals surface area (Å²) in [6.07, 6.45) is 15.6. The second-order valence-corrected chi connectivity index (χ2v) is 10.1. The maximum Gasteiger partial charge on any atom is 0.303 e. The average Bonchev–Trinajstić information content (AvgIpc) is 2.66. The third-order valence-corrected chi connectivity index (χ3v) is 5.80. The smallest absolute Gasteiger partial charge is 0.303 e. The fraction of sp³-hybridized carbons (Fsp3) is 0.833. The molecular formula is C24H45NO4S. The lowest BCUT2D eigenvalue weighted by Gasteiger charge is -2.29. The van der Waals surface area contributed by atoms with Gasteiger partial charge in [-0.15, -0.1) is 0 Å². The molecule has 0 unspecified atom stereocenters. The summed E-state index contributed by atoms with van der Waals surface area (Å²) in [7, 11) is 0. The maximum absolute atomic E-state index is 12.8. The van der Waals surface area contributed by atoms with Crippen LogP contribution in [0.5, 0.6) is 0 Å². The van der Waals surface area contributed by atoms with Crippen LogP contribution in [0.3, 0.4) is 0 Å². The molecule has 0 aliphatic rings. The van der Waals surface area contributed by atoms with Gasteiger partial charge in [0.1, 0.15) is 0 Å². The van der Waals surface area contributed by atoms with E-state index >= 15 is 0 Å². The molecule has 4 N–H and O–H groups in total. The average molecular weight is 444 g/mol. The quantitative estimate of drug-likeness (QED) is 0.123. The molecule has 6 heteroatoms. The molecule has 0 saturated heterocycles. The second kappa shape index (κ2) is 16.8. The second-order valence-electron chi connectivity index (χ2n) is 8.96. The summed E-state index contributed by atoms with van der Waals surface area (Å²) in [5, 5.41) is 19.3. The van der Waals surface area contributed by atoms with Crippen LogP contribution < -0.4 is 5.73 Å². The van der Waals surface area contributed by atoms with E-state index in [1.807, 2.05) is 6.08 Å².